The molecule has 5 heteroatoms. The molecule has 4 nitrogen and oxygen atoms in total. The van der Waals surface area contributed by atoms with Gasteiger partial charge in [-0.15, -0.1) is 0 Å². The molecule has 1 amide bonds. The summed E-state index contributed by atoms with van der Waals surface area (Å²) in [6.45, 7) is 3.91. The molecule has 2 rings (SSSR count). The number of hydrogen-bond donors (Lipinski definition) is 2. The van der Waals surface area contributed by atoms with E-state index in [1.54, 1.807) is 0 Å². The second-order valence-electron chi connectivity index (χ2n) is 5.91. The van der Waals surface area contributed by atoms with Gasteiger partial charge in [-0.3, -0.25) is 9.59 Å². The van der Waals surface area contributed by atoms with Gasteiger partial charge in [0.05, 0.1) is 17.9 Å². The van der Waals surface area contributed by atoms with Gasteiger partial charge >= 0.3 is 5.97 Å². The first-order chi connectivity index (χ1) is 9.88. The molecule has 2 N–H and O–H groups in total. The van der Waals surface area contributed by atoms with Crippen molar-refractivity contribution in [3.8, 4) is 0 Å². The monoisotopic (exact) mass is 353 g/mol. The average molecular weight is 354 g/mol. The number of carboxylic acids is 1. The molecular weight excluding hydrogens is 334 g/mol. The van der Waals surface area contributed by atoms with Crippen molar-refractivity contribution in [2.75, 3.05) is 0 Å². The molecule has 1 saturated carbocycles. The van der Waals surface area contributed by atoms with Gasteiger partial charge in [0.2, 0.25) is 5.91 Å². The van der Waals surface area contributed by atoms with Crippen LogP contribution in [0.5, 0.6) is 0 Å². The highest BCUT2D eigenvalue weighted by Crippen LogP contribution is 2.37. The Labute approximate surface area is 133 Å². The minimum Gasteiger partial charge on any atom is -0.481 e. The van der Waals surface area contributed by atoms with E-state index in [1.165, 1.54) is 0 Å². The fourth-order valence-corrected chi connectivity index (χ4v) is 3.45. The molecule has 21 heavy (non-hydrogen) atoms. The molecule has 0 bridgehead atoms. The van der Waals surface area contributed by atoms with E-state index in [4.69, 9.17) is 0 Å². The third kappa shape index (κ3) is 3.84. The van der Waals surface area contributed by atoms with Crippen molar-refractivity contribution in [2.45, 2.75) is 32.7 Å². The maximum atomic E-state index is 12.4. The second-order valence-corrected chi connectivity index (χ2v) is 6.83. The van der Waals surface area contributed by atoms with Gasteiger partial charge < -0.3 is 10.4 Å². The number of carbonyl (C=O) groups excluding carboxylic acids is 1. The van der Waals surface area contributed by atoms with E-state index in [0.717, 1.165) is 10.0 Å². The summed E-state index contributed by atoms with van der Waals surface area (Å²) in [5.74, 6) is -1.72. The molecule has 0 saturated heterocycles. The quantitative estimate of drug-likeness (QED) is 0.871. The third-order valence-electron chi connectivity index (χ3n) is 4.16. The van der Waals surface area contributed by atoms with Crippen molar-refractivity contribution in [1.29, 1.82) is 0 Å². The van der Waals surface area contributed by atoms with E-state index in [0.29, 0.717) is 12.8 Å². The summed E-state index contributed by atoms with van der Waals surface area (Å²) in [5.41, 5.74) is 0.996. The molecule has 1 fully saturated rings. The zero-order chi connectivity index (χ0) is 15.6. The van der Waals surface area contributed by atoms with Gasteiger partial charge in [0.15, 0.2) is 0 Å². The molecular formula is C16H20BrNO3. The van der Waals surface area contributed by atoms with Crippen molar-refractivity contribution in [1.82, 2.24) is 5.32 Å². The standard InChI is InChI=1S/C16H20BrNO3/c1-9-6-13(14(7-9)16(20)21)15(19)18-10(2)11-4-3-5-12(17)8-11/h3-5,8-10,13-14H,6-7H2,1-2H3,(H,18,19)(H,20,21)/t9?,10-,13?,14?/m0/s1. The molecule has 0 radical (unpaired) electrons. The molecule has 0 spiro atoms. The van der Waals surface area contributed by atoms with Crippen LogP contribution in [0, 0.1) is 17.8 Å². The molecule has 1 aliphatic rings. The maximum absolute atomic E-state index is 12.4. The first-order valence-electron chi connectivity index (χ1n) is 7.17. The predicted octanol–water partition coefficient (Wildman–Crippen LogP) is 3.37. The number of carbonyl (C=O) groups is 2. The second kappa shape index (κ2) is 6.60. The number of hydrogen-bond acceptors (Lipinski definition) is 2. The van der Waals surface area contributed by atoms with E-state index < -0.39 is 17.8 Å². The smallest absolute Gasteiger partial charge is 0.307 e. The number of amides is 1. The highest BCUT2D eigenvalue weighted by atomic mass is 79.9. The zero-order valence-electron chi connectivity index (χ0n) is 12.2. The highest BCUT2D eigenvalue weighted by molar-refractivity contribution is 9.10. The Morgan fingerprint density at radius 1 is 1.33 bits per heavy atom. The minimum absolute atomic E-state index is 0.139. The van der Waals surface area contributed by atoms with Crippen molar-refractivity contribution in [3.05, 3.63) is 34.3 Å². The summed E-state index contributed by atoms with van der Waals surface area (Å²) in [4.78, 5) is 23.7. The molecule has 0 aliphatic heterocycles. The van der Waals surface area contributed by atoms with Crippen LogP contribution in [0.15, 0.2) is 28.7 Å². The molecule has 1 aliphatic carbocycles. The van der Waals surface area contributed by atoms with Crippen LogP contribution in [0.2, 0.25) is 0 Å². The van der Waals surface area contributed by atoms with E-state index >= 15 is 0 Å². The first-order valence-corrected chi connectivity index (χ1v) is 7.96. The summed E-state index contributed by atoms with van der Waals surface area (Å²) in [7, 11) is 0. The van der Waals surface area contributed by atoms with Gasteiger partial charge in [-0.2, -0.15) is 0 Å². The van der Waals surface area contributed by atoms with Gasteiger partial charge in [0, 0.05) is 4.47 Å². The fraction of sp³-hybridized carbons (Fsp3) is 0.500. The van der Waals surface area contributed by atoms with Crippen molar-refractivity contribution in [2.24, 2.45) is 17.8 Å². The van der Waals surface area contributed by atoms with Crippen LogP contribution in [0.3, 0.4) is 0 Å². The van der Waals surface area contributed by atoms with Crippen molar-refractivity contribution < 1.29 is 14.7 Å². The Morgan fingerprint density at radius 2 is 2.00 bits per heavy atom. The number of aliphatic carboxylic acids is 1. The Balaban J connectivity index is 2.05. The Kier molecular flexibility index (Phi) is 5.04. The van der Waals surface area contributed by atoms with Gasteiger partial charge in [-0.1, -0.05) is 35.0 Å². The summed E-state index contributed by atoms with van der Waals surface area (Å²) in [6.07, 6.45) is 1.23. The molecule has 0 aromatic heterocycles. The minimum atomic E-state index is -0.866. The van der Waals surface area contributed by atoms with Crippen LogP contribution in [0.1, 0.15) is 38.3 Å². The topological polar surface area (TPSA) is 66.4 Å². The fourth-order valence-electron chi connectivity index (χ4n) is 3.03. The van der Waals surface area contributed by atoms with E-state index in [9.17, 15) is 14.7 Å². The predicted molar refractivity (Wildman–Crippen MR) is 83.7 cm³/mol. The zero-order valence-corrected chi connectivity index (χ0v) is 13.8. The van der Waals surface area contributed by atoms with Gasteiger partial charge in [-0.25, -0.2) is 0 Å². The van der Waals surface area contributed by atoms with Crippen LogP contribution < -0.4 is 5.32 Å². The Bertz CT molecular complexity index is 546. The van der Waals surface area contributed by atoms with Crippen LogP contribution in [-0.2, 0) is 9.59 Å². The van der Waals surface area contributed by atoms with Gasteiger partial charge in [-0.05, 0) is 43.4 Å². The molecule has 1 aromatic rings. The van der Waals surface area contributed by atoms with E-state index in [1.807, 2.05) is 38.1 Å². The molecule has 3 unspecified atom stereocenters. The number of halogens is 1. The van der Waals surface area contributed by atoms with Crippen molar-refractivity contribution >= 4 is 27.8 Å². The lowest BCUT2D eigenvalue weighted by Gasteiger charge is -2.20. The number of nitrogens with one attached hydrogen (secondary N) is 1. The summed E-state index contributed by atoms with van der Waals surface area (Å²) >= 11 is 3.41. The van der Waals surface area contributed by atoms with Crippen LogP contribution in [-0.4, -0.2) is 17.0 Å². The average Bonchev–Trinajstić information content (AvgIpc) is 2.81. The molecule has 114 valence electrons. The lowest BCUT2D eigenvalue weighted by molar-refractivity contribution is -0.146. The Hall–Kier alpha value is -1.36. The SMILES string of the molecule is CC1CC(C(=O)O)C(C(=O)N[C@@H](C)c2cccc(Br)c2)C1. The van der Waals surface area contributed by atoms with E-state index in [-0.39, 0.29) is 17.9 Å². The number of rotatable bonds is 4. The van der Waals surface area contributed by atoms with Gasteiger partial charge in [0.1, 0.15) is 0 Å². The highest BCUT2D eigenvalue weighted by Gasteiger charge is 2.41. The summed E-state index contributed by atoms with van der Waals surface area (Å²) in [6, 6.07) is 7.61. The lowest BCUT2D eigenvalue weighted by atomic mass is 9.94. The number of benzene rings is 1. The third-order valence-corrected chi connectivity index (χ3v) is 4.65. The Morgan fingerprint density at radius 3 is 2.62 bits per heavy atom. The lowest BCUT2D eigenvalue weighted by Crippen LogP contribution is -2.36. The number of carboxylic acid groups (broad SMARTS) is 1. The first kappa shape index (κ1) is 16.0. The molecule has 4 atom stereocenters. The van der Waals surface area contributed by atoms with Crippen molar-refractivity contribution in [3.63, 3.8) is 0 Å². The van der Waals surface area contributed by atoms with Gasteiger partial charge in [0.25, 0.3) is 0 Å². The van der Waals surface area contributed by atoms with Crippen LogP contribution >= 0.6 is 15.9 Å². The van der Waals surface area contributed by atoms with E-state index in [2.05, 4.69) is 21.2 Å². The van der Waals surface area contributed by atoms with Crippen LogP contribution in [0.25, 0.3) is 0 Å². The molecule has 0 heterocycles. The maximum Gasteiger partial charge on any atom is 0.307 e. The molecule has 1 aromatic carbocycles. The largest absolute Gasteiger partial charge is 0.481 e. The van der Waals surface area contributed by atoms with Crippen LogP contribution in [0.4, 0.5) is 0 Å². The normalized spacial score (nSPS) is 26.3. The summed E-state index contributed by atoms with van der Waals surface area (Å²) < 4.78 is 0.957. The summed E-state index contributed by atoms with van der Waals surface area (Å²) in [5, 5.41) is 12.2.